The van der Waals surface area contributed by atoms with E-state index in [0.717, 1.165) is 19.4 Å². The van der Waals surface area contributed by atoms with Crippen LogP contribution >= 0.6 is 0 Å². The molecule has 2 heteroatoms. The third-order valence-electron chi connectivity index (χ3n) is 3.44. The Morgan fingerprint density at radius 1 is 1.29 bits per heavy atom. The van der Waals surface area contributed by atoms with Gasteiger partial charge in [-0.05, 0) is 44.6 Å². The van der Waals surface area contributed by atoms with Crippen LogP contribution in [0, 0.1) is 5.92 Å². The van der Waals surface area contributed by atoms with Gasteiger partial charge in [-0.2, -0.15) is 0 Å². The number of nitrogens with one attached hydrogen (secondary N) is 1. The summed E-state index contributed by atoms with van der Waals surface area (Å²) in [4.78, 5) is 0. The van der Waals surface area contributed by atoms with Crippen molar-refractivity contribution in [2.24, 2.45) is 5.92 Å². The van der Waals surface area contributed by atoms with Gasteiger partial charge in [-0.1, -0.05) is 20.3 Å². The fourth-order valence-corrected chi connectivity index (χ4v) is 2.36. The molecule has 0 aliphatic heterocycles. The second-order valence-electron chi connectivity index (χ2n) is 4.61. The molecule has 1 fully saturated rings. The summed E-state index contributed by atoms with van der Waals surface area (Å²) in [5, 5.41) is 13.1. The fraction of sp³-hybridized carbons (Fsp3) is 1.00. The molecule has 1 aliphatic carbocycles. The quantitative estimate of drug-likeness (QED) is 0.712. The van der Waals surface area contributed by atoms with E-state index in [0.29, 0.717) is 12.0 Å². The molecule has 2 unspecified atom stereocenters. The first-order valence-electron chi connectivity index (χ1n) is 6.17. The van der Waals surface area contributed by atoms with Gasteiger partial charge in [0.25, 0.3) is 0 Å². The Morgan fingerprint density at radius 3 is 2.57 bits per heavy atom. The number of aliphatic hydroxyl groups is 1. The highest BCUT2D eigenvalue weighted by molar-refractivity contribution is 4.75. The minimum absolute atomic E-state index is 0.0303. The molecule has 1 aliphatic rings. The van der Waals surface area contributed by atoms with Gasteiger partial charge in [0.05, 0.1) is 6.10 Å². The molecule has 0 radical (unpaired) electrons. The van der Waals surface area contributed by atoms with Crippen molar-refractivity contribution in [1.82, 2.24) is 5.32 Å². The lowest BCUT2D eigenvalue weighted by Crippen LogP contribution is -2.35. The van der Waals surface area contributed by atoms with E-state index < -0.39 is 0 Å². The van der Waals surface area contributed by atoms with Gasteiger partial charge in [0, 0.05) is 6.04 Å². The number of hydrogen-bond acceptors (Lipinski definition) is 2. The van der Waals surface area contributed by atoms with Crippen molar-refractivity contribution in [2.45, 2.75) is 64.5 Å². The molecule has 0 saturated heterocycles. The topological polar surface area (TPSA) is 32.3 Å². The molecule has 0 spiro atoms. The van der Waals surface area contributed by atoms with Crippen LogP contribution < -0.4 is 5.32 Å². The Kier molecular flexibility index (Phi) is 5.49. The summed E-state index contributed by atoms with van der Waals surface area (Å²) < 4.78 is 0. The van der Waals surface area contributed by atoms with E-state index >= 15 is 0 Å². The molecule has 84 valence electrons. The SMILES string of the molecule is CCC(CC)NCC1CCCC(O)C1. The van der Waals surface area contributed by atoms with Gasteiger partial charge in [0.2, 0.25) is 0 Å². The van der Waals surface area contributed by atoms with Crippen LogP contribution in [0.4, 0.5) is 0 Å². The van der Waals surface area contributed by atoms with Crippen LogP contribution in [0.5, 0.6) is 0 Å². The molecule has 0 aromatic rings. The highest BCUT2D eigenvalue weighted by Crippen LogP contribution is 2.23. The molecule has 2 nitrogen and oxygen atoms in total. The zero-order valence-corrected chi connectivity index (χ0v) is 9.63. The van der Waals surface area contributed by atoms with Gasteiger partial charge < -0.3 is 10.4 Å². The molecule has 1 rings (SSSR count). The maximum atomic E-state index is 9.53. The summed E-state index contributed by atoms with van der Waals surface area (Å²) in [6.07, 6.45) is 6.92. The Balaban J connectivity index is 2.16. The third-order valence-corrected chi connectivity index (χ3v) is 3.44. The van der Waals surface area contributed by atoms with Crippen LogP contribution in [0.3, 0.4) is 0 Å². The fourth-order valence-electron chi connectivity index (χ4n) is 2.36. The summed E-state index contributed by atoms with van der Waals surface area (Å²) >= 11 is 0. The van der Waals surface area contributed by atoms with Crippen molar-refractivity contribution in [3.05, 3.63) is 0 Å². The van der Waals surface area contributed by atoms with E-state index in [2.05, 4.69) is 19.2 Å². The summed E-state index contributed by atoms with van der Waals surface area (Å²) in [5.74, 6) is 0.708. The zero-order valence-electron chi connectivity index (χ0n) is 9.63. The molecular formula is C12H25NO. The lowest BCUT2D eigenvalue weighted by molar-refractivity contribution is 0.0995. The van der Waals surface area contributed by atoms with Gasteiger partial charge in [0.15, 0.2) is 0 Å². The number of aliphatic hydroxyl groups excluding tert-OH is 1. The van der Waals surface area contributed by atoms with Crippen molar-refractivity contribution in [1.29, 1.82) is 0 Å². The Hall–Kier alpha value is -0.0800. The summed E-state index contributed by atoms with van der Waals surface area (Å²) in [6, 6.07) is 0.675. The second-order valence-corrected chi connectivity index (χ2v) is 4.61. The van der Waals surface area contributed by atoms with Gasteiger partial charge in [-0.25, -0.2) is 0 Å². The first kappa shape index (κ1) is 12.0. The van der Waals surface area contributed by atoms with Crippen LogP contribution in [-0.4, -0.2) is 23.8 Å². The van der Waals surface area contributed by atoms with Gasteiger partial charge >= 0.3 is 0 Å². The van der Waals surface area contributed by atoms with Crippen LogP contribution in [0.25, 0.3) is 0 Å². The van der Waals surface area contributed by atoms with Crippen molar-refractivity contribution in [3.8, 4) is 0 Å². The smallest absolute Gasteiger partial charge is 0.0543 e. The van der Waals surface area contributed by atoms with E-state index in [1.165, 1.54) is 25.7 Å². The highest BCUT2D eigenvalue weighted by Gasteiger charge is 2.20. The summed E-state index contributed by atoms with van der Waals surface area (Å²) in [7, 11) is 0. The molecule has 2 N–H and O–H groups in total. The first-order chi connectivity index (χ1) is 6.76. The number of rotatable bonds is 5. The standard InChI is InChI=1S/C12H25NO/c1-3-11(4-2)13-9-10-6-5-7-12(14)8-10/h10-14H,3-9H2,1-2H3. The van der Waals surface area contributed by atoms with E-state index in [9.17, 15) is 5.11 Å². The molecule has 0 bridgehead atoms. The van der Waals surface area contributed by atoms with Gasteiger partial charge in [-0.15, -0.1) is 0 Å². The monoisotopic (exact) mass is 199 g/mol. The molecular weight excluding hydrogens is 174 g/mol. The lowest BCUT2D eigenvalue weighted by Gasteiger charge is -2.27. The number of hydrogen-bond donors (Lipinski definition) is 2. The lowest BCUT2D eigenvalue weighted by atomic mass is 9.87. The average molecular weight is 199 g/mol. The first-order valence-corrected chi connectivity index (χ1v) is 6.17. The van der Waals surface area contributed by atoms with Gasteiger partial charge in [-0.3, -0.25) is 0 Å². The van der Waals surface area contributed by atoms with Crippen molar-refractivity contribution in [3.63, 3.8) is 0 Å². The minimum Gasteiger partial charge on any atom is -0.393 e. The maximum Gasteiger partial charge on any atom is 0.0543 e. The summed E-state index contributed by atoms with van der Waals surface area (Å²) in [6.45, 7) is 5.57. The Morgan fingerprint density at radius 2 is 2.00 bits per heavy atom. The molecule has 14 heavy (non-hydrogen) atoms. The molecule has 1 saturated carbocycles. The largest absolute Gasteiger partial charge is 0.393 e. The molecule has 0 heterocycles. The van der Waals surface area contributed by atoms with Crippen molar-refractivity contribution >= 4 is 0 Å². The zero-order chi connectivity index (χ0) is 10.4. The van der Waals surface area contributed by atoms with Crippen molar-refractivity contribution in [2.75, 3.05) is 6.54 Å². The van der Waals surface area contributed by atoms with Crippen LogP contribution in [-0.2, 0) is 0 Å². The summed E-state index contributed by atoms with van der Waals surface area (Å²) in [5.41, 5.74) is 0. The Labute approximate surface area is 88.1 Å². The molecule has 2 atom stereocenters. The Bertz CT molecular complexity index is 145. The predicted octanol–water partition coefficient (Wildman–Crippen LogP) is 2.32. The maximum absolute atomic E-state index is 9.53. The molecule has 0 aromatic heterocycles. The second kappa shape index (κ2) is 6.41. The van der Waals surface area contributed by atoms with E-state index in [-0.39, 0.29) is 6.10 Å². The van der Waals surface area contributed by atoms with E-state index in [4.69, 9.17) is 0 Å². The van der Waals surface area contributed by atoms with Gasteiger partial charge in [0.1, 0.15) is 0 Å². The third kappa shape index (κ3) is 3.97. The minimum atomic E-state index is -0.0303. The van der Waals surface area contributed by atoms with E-state index in [1.807, 2.05) is 0 Å². The van der Waals surface area contributed by atoms with Crippen LogP contribution in [0.2, 0.25) is 0 Å². The average Bonchev–Trinajstić information content (AvgIpc) is 2.19. The predicted molar refractivity (Wildman–Crippen MR) is 60.3 cm³/mol. The van der Waals surface area contributed by atoms with Crippen LogP contribution in [0.1, 0.15) is 52.4 Å². The molecule has 0 amide bonds. The van der Waals surface area contributed by atoms with Crippen molar-refractivity contribution < 1.29 is 5.11 Å². The van der Waals surface area contributed by atoms with E-state index in [1.54, 1.807) is 0 Å². The normalized spacial score (nSPS) is 28.3. The molecule has 0 aromatic carbocycles. The van der Waals surface area contributed by atoms with Crippen LogP contribution in [0.15, 0.2) is 0 Å². The highest BCUT2D eigenvalue weighted by atomic mass is 16.3.